The lowest BCUT2D eigenvalue weighted by Crippen LogP contribution is -2.27. The highest BCUT2D eigenvalue weighted by Crippen LogP contribution is 2.17. The molecule has 0 unspecified atom stereocenters. The van der Waals surface area contributed by atoms with Crippen LogP contribution in [0.15, 0.2) is 45.8 Å². The largest absolute Gasteiger partial charge is 0.366 e. The number of hydrogen-bond acceptors (Lipinski definition) is 4. The summed E-state index contributed by atoms with van der Waals surface area (Å²) in [6, 6.07) is 10.7. The summed E-state index contributed by atoms with van der Waals surface area (Å²) in [5.74, 6) is 1.05. The predicted octanol–water partition coefficient (Wildman–Crippen LogP) is 3.70. The van der Waals surface area contributed by atoms with Crippen molar-refractivity contribution in [2.24, 2.45) is 5.92 Å². The Labute approximate surface area is 152 Å². The van der Waals surface area contributed by atoms with Gasteiger partial charge in [0.1, 0.15) is 5.82 Å². The van der Waals surface area contributed by atoms with Crippen molar-refractivity contribution >= 4 is 31.8 Å². The predicted molar refractivity (Wildman–Crippen MR) is 100 cm³/mol. The molecule has 0 amide bonds. The van der Waals surface area contributed by atoms with E-state index < -0.39 is 10.0 Å². The Morgan fingerprint density at radius 1 is 1.12 bits per heavy atom. The summed E-state index contributed by atoms with van der Waals surface area (Å²) in [5.41, 5.74) is 1.90. The lowest BCUT2D eigenvalue weighted by molar-refractivity contribution is 0.560. The SMILES string of the molecule is Cc1nc(NCc2ccc(S(=O)(=O)NCC(C)C)cc2)ccc1Br. The van der Waals surface area contributed by atoms with Gasteiger partial charge < -0.3 is 5.32 Å². The molecule has 1 aromatic heterocycles. The molecule has 0 bridgehead atoms. The van der Waals surface area contributed by atoms with Crippen molar-refractivity contribution in [1.29, 1.82) is 0 Å². The minimum atomic E-state index is -3.44. The number of nitrogens with zero attached hydrogens (tertiary/aromatic N) is 1. The summed E-state index contributed by atoms with van der Waals surface area (Å²) in [7, 11) is -3.44. The molecule has 2 aromatic rings. The van der Waals surface area contributed by atoms with Crippen molar-refractivity contribution in [1.82, 2.24) is 9.71 Å². The molecule has 0 aliphatic heterocycles. The molecule has 0 radical (unpaired) electrons. The van der Waals surface area contributed by atoms with Crippen LogP contribution in [0.2, 0.25) is 0 Å². The van der Waals surface area contributed by atoms with Crippen LogP contribution in [0.3, 0.4) is 0 Å². The van der Waals surface area contributed by atoms with E-state index in [1.54, 1.807) is 12.1 Å². The average molecular weight is 412 g/mol. The van der Waals surface area contributed by atoms with Gasteiger partial charge in [-0.1, -0.05) is 26.0 Å². The number of benzene rings is 1. The molecule has 0 spiro atoms. The number of sulfonamides is 1. The molecule has 1 heterocycles. The van der Waals surface area contributed by atoms with E-state index in [1.165, 1.54) is 0 Å². The third-order valence-corrected chi connectivity index (χ3v) is 5.69. The maximum Gasteiger partial charge on any atom is 0.240 e. The number of aromatic nitrogens is 1. The van der Waals surface area contributed by atoms with Gasteiger partial charge in [0, 0.05) is 17.6 Å². The lowest BCUT2D eigenvalue weighted by Gasteiger charge is -2.10. The first-order chi connectivity index (χ1) is 11.3. The van der Waals surface area contributed by atoms with Gasteiger partial charge in [0.2, 0.25) is 10.0 Å². The Balaban J connectivity index is 2.00. The van der Waals surface area contributed by atoms with E-state index in [0.29, 0.717) is 13.1 Å². The Kier molecular flexibility index (Phi) is 6.37. The van der Waals surface area contributed by atoms with Crippen LogP contribution < -0.4 is 10.0 Å². The first-order valence-electron chi connectivity index (χ1n) is 7.73. The standard InChI is InChI=1S/C17H22BrN3O2S/c1-12(2)10-20-24(22,23)15-6-4-14(5-7-15)11-19-17-9-8-16(18)13(3)21-17/h4-9,12,20H,10-11H2,1-3H3,(H,19,21). The number of hydrogen-bond donors (Lipinski definition) is 2. The Morgan fingerprint density at radius 2 is 1.79 bits per heavy atom. The van der Waals surface area contributed by atoms with Gasteiger partial charge in [0.05, 0.1) is 10.6 Å². The third-order valence-electron chi connectivity index (χ3n) is 3.41. The fourth-order valence-corrected chi connectivity index (χ4v) is 3.42. The van der Waals surface area contributed by atoms with Crippen LogP contribution in [0.25, 0.3) is 0 Å². The van der Waals surface area contributed by atoms with Crippen LogP contribution in [-0.4, -0.2) is 19.9 Å². The van der Waals surface area contributed by atoms with Crippen LogP contribution in [0, 0.1) is 12.8 Å². The highest BCUT2D eigenvalue weighted by atomic mass is 79.9. The molecule has 0 atom stereocenters. The Hall–Kier alpha value is -1.44. The topological polar surface area (TPSA) is 71.1 Å². The molecule has 0 saturated carbocycles. The number of halogens is 1. The molecule has 0 aliphatic rings. The van der Waals surface area contributed by atoms with E-state index in [2.05, 4.69) is 31.0 Å². The average Bonchev–Trinajstić information content (AvgIpc) is 2.54. The molecule has 0 fully saturated rings. The van der Waals surface area contributed by atoms with Gasteiger partial charge in [0.25, 0.3) is 0 Å². The van der Waals surface area contributed by atoms with Crippen molar-refractivity contribution < 1.29 is 8.42 Å². The molecule has 7 heteroatoms. The number of anilines is 1. The first kappa shape index (κ1) is 18.9. The molecule has 5 nitrogen and oxygen atoms in total. The quantitative estimate of drug-likeness (QED) is 0.728. The van der Waals surface area contributed by atoms with Crippen LogP contribution in [0.5, 0.6) is 0 Å². The van der Waals surface area contributed by atoms with E-state index in [-0.39, 0.29) is 10.8 Å². The summed E-state index contributed by atoms with van der Waals surface area (Å²) >= 11 is 3.42. The normalized spacial score (nSPS) is 11.7. The maximum absolute atomic E-state index is 12.2. The summed E-state index contributed by atoms with van der Waals surface area (Å²) < 4.78 is 27.9. The van der Waals surface area contributed by atoms with Crippen LogP contribution in [0.1, 0.15) is 25.1 Å². The third kappa shape index (κ3) is 5.29. The highest BCUT2D eigenvalue weighted by Gasteiger charge is 2.13. The van der Waals surface area contributed by atoms with Gasteiger partial charge in [-0.05, 0) is 58.6 Å². The second-order valence-corrected chi connectivity index (χ2v) is 8.63. The van der Waals surface area contributed by atoms with Gasteiger partial charge in [0.15, 0.2) is 0 Å². The van der Waals surface area contributed by atoms with Crippen molar-refractivity contribution in [2.75, 3.05) is 11.9 Å². The molecule has 0 saturated heterocycles. The first-order valence-corrected chi connectivity index (χ1v) is 10.0. The number of rotatable bonds is 7. The number of aryl methyl sites for hydroxylation is 1. The van der Waals surface area contributed by atoms with Crippen LogP contribution in [-0.2, 0) is 16.6 Å². The van der Waals surface area contributed by atoms with Crippen LogP contribution in [0.4, 0.5) is 5.82 Å². The Bertz CT molecular complexity index is 790. The fraction of sp³-hybridized carbons (Fsp3) is 0.353. The molecule has 24 heavy (non-hydrogen) atoms. The van der Waals surface area contributed by atoms with Crippen molar-refractivity contribution in [3.8, 4) is 0 Å². The Morgan fingerprint density at radius 3 is 2.38 bits per heavy atom. The minimum Gasteiger partial charge on any atom is -0.366 e. The summed E-state index contributed by atoms with van der Waals surface area (Å²) in [6.45, 7) is 6.87. The second kappa shape index (κ2) is 8.09. The highest BCUT2D eigenvalue weighted by molar-refractivity contribution is 9.10. The van der Waals surface area contributed by atoms with Gasteiger partial charge in [-0.25, -0.2) is 18.1 Å². The molecule has 1 aromatic carbocycles. The van der Waals surface area contributed by atoms with E-state index in [9.17, 15) is 8.42 Å². The summed E-state index contributed by atoms with van der Waals surface area (Å²) in [5, 5.41) is 3.23. The zero-order valence-corrected chi connectivity index (χ0v) is 16.4. The zero-order valence-electron chi connectivity index (χ0n) is 14.0. The van der Waals surface area contributed by atoms with Crippen molar-refractivity contribution in [2.45, 2.75) is 32.2 Å². The lowest BCUT2D eigenvalue weighted by atomic mass is 10.2. The minimum absolute atomic E-state index is 0.269. The zero-order chi connectivity index (χ0) is 17.7. The fourth-order valence-electron chi connectivity index (χ4n) is 1.98. The van der Waals surface area contributed by atoms with Crippen molar-refractivity contribution in [3.63, 3.8) is 0 Å². The van der Waals surface area contributed by atoms with Gasteiger partial charge in [-0.15, -0.1) is 0 Å². The van der Waals surface area contributed by atoms with Gasteiger partial charge >= 0.3 is 0 Å². The van der Waals surface area contributed by atoms with Gasteiger partial charge in [-0.3, -0.25) is 0 Å². The van der Waals surface area contributed by atoms with E-state index >= 15 is 0 Å². The van der Waals surface area contributed by atoms with E-state index in [4.69, 9.17) is 0 Å². The second-order valence-electron chi connectivity index (χ2n) is 6.01. The maximum atomic E-state index is 12.2. The van der Waals surface area contributed by atoms with Gasteiger partial charge in [-0.2, -0.15) is 0 Å². The molecular formula is C17H22BrN3O2S. The van der Waals surface area contributed by atoms with E-state index in [0.717, 1.165) is 21.5 Å². The molecule has 130 valence electrons. The molecule has 2 N–H and O–H groups in total. The smallest absolute Gasteiger partial charge is 0.240 e. The summed E-state index contributed by atoms with van der Waals surface area (Å²) in [4.78, 5) is 4.70. The number of nitrogens with one attached hydrogen (secondary N) is 2. The van der Waals surface area contributed by atoms with Crippen LogP contribution >= 0.6 is 15.9 Å². The number of pyridine rings is 1. The van der Waals surface area contributed by atoms with Crippen molar-refractivity contribution in [3.05, 3.63) is 52.1 Å². The molecular weight excluding hydrogens is 390 g/mol. The van der Waals surface area contributed by atoms with E-state index in [1.807, 2.05) is 45.0 Å². The molecule has 2 rings (SSSR count). The molecule has 0 aliphatic carbocycles. The monoisotopic (exact) mass is 411 g/mol. The summed E-state index contributed by atoms with van der Waals surface area (Å²) in [6.07, 6.45) is 0.